The zero-order valence-corrected chi connectivity index (χ0v) is 14.1. The van der Waals surface area contributed by atoms with Crippen LogP contribution in [0.5, 0.6) is 0 Å². The van der Waals surface area contributed by atoms with Crippen LogP contribution in [0.15, 0.2) is 12.1 Å². The van der Waals surface area contributed by atoms with E-state index in [2.05, 4.69) is 50.9 Å². The molecule has 21 heavy (non-hydrogen) atoms. The van der Waals surface area contributed by atoms with Crippen LogP contribution in [0.2, 0.25) is 0 Å². The van der Waals surface area contributed by atoms with Crippen LogP contribution in [0.1, 0.15) is 64.5 Å². The van der Waals surface area contributed by atoms with Crippen LogP contribution in [-0.2, 0) is 6.54 Å². The lowest BCUT2D eigenvalue weighted by Gasteiger charge is -2.47. The summed E-state index contributed by atoms with van der Waals surface area (Å²) in [4.78, 5) is 2.34. The SMILES string of the molecule is CCCNCc1cc2c(cc1F)N(CC)C(C)(C)CC2C. The summed E-state index contributed by atoms with van der Waals surface area (Å²) in [6, 6.07) is 3.83. The first kappa shape index (κ1) is 16.3. The molecule has 0 amide bonds. The van der Waals surface area contributed by atoms with Gasteiger partial charge in [-0.2, -0.15) is 0 Å². The smallest absolute Gasteiger partial charge is 0.129 e. The maximum absolute atomic E-state index is 14.4. The van der Waals surface area contributed by atoms with E-state index < -0.39 is 0 Å². The molecule has 1 aromatic rings. The second-order valence-electron chi connectivity index (χ2n) is 6.84. The van der Waals surface area contributed by atoms with Gasteiger partial charge in [-0.3, -0.25) is 0 Å². The molecule has 3 heteroatoms. The van der Waals surface area contributed by atoms with Crippen LogP contribution in [0.25, 0.3) is 0 Å². The molecule has 0 spiro atoms. The molecule has 0 saturated carbocycles. The van der Waals surface area contributed by atoms with Crippen LogP contribution >= 0.6 is 0 Å². The van der Waals surface area contributed by atoms with E-state index in [1.165, 1.54) is 5.56 Å². The van der Waals surface area contributed by atoms with E-state index in [-0.39, 0.29) is 11.4 Å². The molecule has 0 fully saturated rings. The molecule has 0 aliphatic carbocycles. The van der Waals surface area contributed by atoms with Gasteiger partial charge in [-0.15, -0.1) is 0 Å². The van der Waals surface area contributed by atoms with Crippen molar-refractivity contribution in [2.45, 2.75) is 65.5 Å². The number of fused-ring (bicyclic) bond motifs is 1. The summed E-state index contributed by atoms with van der Waals surface area (Å²) in [5.74, 6) is 0.393. The summed E-state index contributed by atoms with van der Waals surface area (Å²) < 4.78 is 14.4. The van der Waals surface area contributed by atoms with Gasteiger partial charge in [-0.25, -0.2) is 4.39 Å². The Morgan fingerprint density at radius 2 is 2.05 bits per heavy atom. The van der Waals surface area contributed by atoms with Crippen molar-refractivity contribution in [1.29, 1.82) is 0 Å². The number of benzene rings is 1. The maximum Gasteiger partial charge on any atom is 0.129 e. The molecular weight excluding hydrogens is 263 g/mol. The van der Waals surface area contributed by atoms with Crippen molar-refractivity contribution in [3.63, 3.8) is 0 Å². The van der Waals surface area contributed by atoms with Gasteiger partial charge in [0, 0.05) is 29.9 Å². The number of rotatable bonds is 5. The Kier molecular flexibility index (Phi) is 4.92. The van der Waals surface area contributed by atoms with E-state index in [1.807, 2.05) is 0 Å². The van der Waals surface area contributed by atoms with Crippen molar-refractivity contribution < 1.29 is 4.39 Å². The number of nitrogens with one attached hydrogen (secondary N) is 1. The molecule has 2 nitrogen and oxygen atoms in total. The molecule has 1 unspecified atom stereocenters. The van der Waals surface area contributed by atoms with Crippen molar-refractivity contribution in [2.75, 3.05) is 18.0 Å². The molecule has 1 N–H and O–H groups in total. The Hall–Kier alpha value is -1.09. The fourth-order valence-corrected chi connectivity index (χ4v) is 3.68. The van der Waals surface area contributed by atoms with Crippen molar-refractivity contribution in [1.82, 2.24) is 5.32 Å². The zero-order chi connectivity index (χ0) is 15.6. The molecular formula is C18H29FN2. The predicted octanol–water partition coefficient (Wildman–Crippen LogP) is 4.44. The standard InChI is InChI=1S/C18H29FN2/c1-6-8-20-12-14-9-15-13(3)11-18(4,5)21(7-2)17(15)10-16(14)19/h9-10,13,20H,6-8,11-12H2,1-5H3. The monoisotopic (exact) mass is 292 g/mol. The lowest BCUT2D eigenvalue weighted by molar-refractivity contribution is 0.380. The summed E-state index contributed by atoms with van der Waals surface area (Å²) in [6.07, 6.45) is 2.18. The molecule has 0 aromatic heterocycles. The first-order chi connectivity index (χ1) is 9.90. The molecule has 1 atom stereocenters. The van der Waals surface area contributed by atoms with Gasteiger partial charge in [0.25, 0.3) is 0 Å². The van der Waals surface area contributed by atoms with E-state index in [9.17, 15) is 4.39 Å². The minimum absolute atomic E-state index is 0.0827. The highest BCUT2D eigenvalue weighted by atomic mass is 19.1. The topological polar surface area (TPSA) is 15.3 Å². The van der Waals surface area contributed by atoms with Crippen LogP contribution in [0.3, 0.4) is 0 Å². The number of nitrogens with zero attached hydrogens (tertiary/aromatic N) is 1. The average Bonchev–Trinajstić information content (AvgIpc) is 2.39. The van der Waals surface area contributed by atoms with Crippen molar-refractivity contribution in [3.8, 4) is 0 Å². The van der Waals surface area contributed by atoms with Gasteiger partial charge in [0.2, 0.25) is 0 Å². The molecule has 1 aliphatic rings. The molecule has 1 heterocycles. The first-order valence-electron chi connectivity index (χ1n) is 8.21. The van der Waals surface area contributed by atoms with E-state index >= 15 is 0 Å². The minimum atomic E-state index is -0.0827. The highest BCUT2D eigenvalue weighted by molar-refractivity contribution is 5.61. The van der Waals surface area contributed by atoms with Gasteiger partial charge in [-0.1, -0.05) is 13.8 Å². The highest BCUT2D eigenvalue weighted by Crippen LogP contribution is 2.43. The van der Waals surface area contributed by atoms with E-state index in [4.69, 9.17) is 0 Å². The van der Waals surface area contributed by atoms with E-state index in [0.29, 0.717) is 12.5 Å². The second kappa shape index (κ2) is 6.35. The first-order valence-corrected chi connectivity index (χ1v) is 8.21. The normalized spacial score (nSPS) is 20.5. The Balaban J connectivity index is 2.37. The predicted molar refractivity (Wildman–Crippen MR) is 88.5 cm³/mol. The Labute approximate surface area is 128 Å². The van der Waals surface area contributed by atoms with Gasteiger partial charge in [0.1, 0.15) is 5.82 Å². The largest absolute Gasteiger partial charge is 0.366 e. The molecule has 2 rings (SSSR count). The second-order valence-corrected chi connectivity index (χ2v) is 6.84. The van der Waals surface area contributed by atoms with Gasteiger partial charge in [0.15, 0.2) is 0 Å². The molecule has 118 valence electrons. The Bertz CT molecular complexity index is 496. The quantitative estimate of drug-likeness (QED) is 0.807. The van der Waals surface area contributed by atoms with Crippen LogP contribution in [-0.4, -0.2) is 18.6 Å². The van der Waals surface area contributed by atoms with E-state index in [0.717, 1.165) is 37.2 Å². The third-order valence-corrected chi connectivity index (χ3v) is 4.61. The summed E-state index contributed by atoms with van der Waals surface area (Å²) >= 11 is 0. The van der Waals surface area contributed by atoms with Crippen molar-refractivity contribution in [2.24, 2.45) is 0 Å². The van der Waals surface area contributed by atoms with Gasteiger partial charge in [0.05, 0.1) is 0 Å². The molecule has 1 aromatic carbocycles. The van der Waals surface area contributed by atoms with Crippen LogP contribution in [0, 0.1) is 5.82 Å². The summed E-state index contributed by atoms with van der Waals surface area (Å²) in [5.41, 5.74) is 3.27. The molecule has 0 bridgehead atoms. The fraction of sp³-hybridized carbons (Fsp3) is 0.667. The Morgan fingerprint density at radius 3 is 2.67 bits per heavy atom. The molecule has 0 saturated heterocycles. The third-order valence-electron chi connectivity index (χ3n) is 4.61. The number of halogens is 1. The number of hydrogen-bond donors (Lipinski definition) is 1. The number of anilines is 1. The lowest BCUT2D eigenvalue weighted by Crippen LogP contribution is -2.48. The zero-order valence-electron chi connectivity index (χ0n) is 14.1. The van der Waals surface area contributed by atoms with Gasteiger partial charge >= 0.3 is 0 Å². The van der Waals surface area contributed by atoms with E-state index in [1.54, 1.807) is 6.07 Å². The maximum atomic E-state index is 14.4. The molecule has 0 radical (unpaired) electrons. The fourth-order valence-electron chi connectivity index (χ4n) is 3.68. The van der Waals surface area contributed by atoms with Crippen molar-refractivity contribution in [3.05, 3.63) is 29.1 Å². The van der Waals surface area contributed by atoms with Crippen molar-refractivity contribution >= 4 is 5.69 Å². The summed E-state index contributed by atoms with van der Waals surface area (Å²) in [5, 5.41) is 3.30. The lowest BCUT2D eigenvalue weighted by atomic mass is 9.79. The third kappa shape index (κ3) is 3.23. The summed E-state index contributed by atoms with van der Waals surface area (Å²) in [7, 11) is 0. The average molecular weight is 292 g/mol. The van der Waals surface area contributed by atoms with Gasteiger partial charge in [-0.05, 0) is 63.8 Å². The van der Waals surface area contributed by atoms with Crippen LogP contribution in [0.4, 0.5) is 10.1 Å². The minimum Gasteiger partial charge on any atom is -0.366 e. The van der Waals surface area contributed by atoms with Crippen LogP contribution < -0.4 is 10.2 Å². The van der Waals surface area contributed by atoms with Gasteiger partial charge < -0.3 is 10.2 Å². The Morgan fingerprint density at radius 1 is 1.33 bits per heavy atom. The molecule has 1 aliphatic heterocycles. The number of hydrogen-bond acceptors (Lipinski definition) is 2. The highest BCUT2D eigenvalue weighted by Gasteiger charge is 2.36. The summed E-state index contributed by atoms with van der Waals surface area (Å²) in [6.45, 7) is 13.5.